The highest BCUT2D eigenvalue weighted by Gasteiger charge is 2.34. The smallest absolute Gasteiger partial charge is 0.343 e. The molecule has 0 saturated carbocycles. The molecule has 3 aromatic rings. The molecule has 1 heterocycles. The van der Waals surface area contributed by atoms with Crippen LogP contribution in [0.25, 0.3) is 0 Å². The number of carbonyl (C=O) groups excluding carboxylic acids is 2. The van der Waals surface area contributed by atoms with Crippen molar-refractivity contribution in [3.05, 3.63) is 96.6 Å². The van der Waals surface area contributed by atoms with Crippen LogP contribution >= 0.6 is 11.8 Å². The summed E-state index contributed by atoms with van der Waals surface area (Å²) < 4.78 is 38.8. The predicted octanol–water partition coefficient (Wildman–Crippen LogP) is 6.88. The molecule has 0 amide bonds. The maximum absolute atomic E-state index is 12.6. The number of hydrogen-bond donors (Lipinski definition) is 0. The summed E-state index contributed by atoms with van der Waals surface area (Å²) in [5.74, 6) is 1.69. The lowest BCUT2D eigenvalue weighted by Crippen LogP contribution is -2.44. The molecule has 0 aromatic heterocycles. The minimum Gasteiger partial charge on any atom is -0.491 e. The molecule has 0 N–H and O–H groups in total. The van der Waals surface area contributed by atoms with Gasteiger partial charge in [-0.05, 0) is 66.2 Å². The summed E-state index contributed by atoms with van der Waals surface area (Å²) in [6.07, 6.45) is 2.64. The molecule has 1 aliphatic rings. The van der Waals surface area contributed by atoms with E-state index in [-0.39, 0.29) is 24.9 Å². The number of rotatable bonds is 20. The van der Waals surface area contributed by atoms with Gasteiger partial charge in [0, 0.05) is 28.6 Å². The van der Waals surface area contributed by atoms with Gasteiger partial charge in [0.05, 0.1) is 38.6 Å². The van der Waals surface area contributed by atoms with Crippen molar-refractivity contribution in [1.82, 2.24) is 0 Å². The normalized spacial score (nSPS) is 14.0. The van der Waals surface area contributed by atoms with Gasteiger partial charge >= 0.3 is 11.9 Å². The molecule has 1 saturated heterocycles. The van der Waals surface area contributed by atoms with Gasteiger partial charge in [0.25, 0.3) is 0 Å². The third-order valence-corrected chi connectivity index (χ3v) is 7.98. The van der Waals surface area contributed by atoms with E-state index >= 15 is 0 Å². The Balaban J connectivity index is 1.14. The van der Waals surface area contributed by atoms with Crippen LogP contribution in [-0.2, 0) is 29.5 Å². The zero-order chi connectivity index (χ0) is 32.6. The van der Waals surface area contributed by atoms with Gasteiger partial charge in [-0.3, -0.25) is 0 Å². The average Bonchev–Trinajstić information content (AvgIpc) is 3.06. The summed E-state index contributed by atoms with van der Waals surface area (Å²) in [6.45, 7) is 10.8. The van der Waals surface area contributed by atoms with E-state index in [1.165, 1.54) is 0 Å². The van der Waals surface area contributed by atoms with Crippen molar-refractivity contribution in [3.63, 3.8) is 0 Å². The van der Waals surface area contributed by atoms with Crippen molar-refractivity contribution in [2.24, 2.45) is 5.41 Å². The monoisotopic (exact) mass is 650 g/mol. The molecular weight excluding hydrogens is 608 g/mol. The Morgan fingerprint density at radius 2 is 1.59 bits per heavy atom. The van der Waals surface area contributed by atoms with E-state index in [4.69, 9.17) is 33.2 Å². The Morgan fingerprint density at radius 3 is 2.24 bits per heavy atom. The van der Waals surface area contributed by atoms with Crippen molar-refractivity contribution < 1.29 is 42.7 Å². The van der Waals surface area contributed by atoms with Crippen molar-refractivity contribution >= 4 is 23.7 Å². The lowest BCUT2D eigenvalue weighted by Gasteiger charge is -2.38. The van der Waals surface area contributed by atoms with Crippen LogP contribution in [0.1, 0.15) is 42.6 Å². The Labute approximate surface area is 275 Å². The van der Waals surface area contributed by atoms with Gasteiger partial charge in [0.1, 0.15) is 30.5 Å². The number of benzene rings is 3. The van der Waals surface area contributed by atoms with Crippen LogP contribution in [0.4, 0.5) is 0 Å². The third-order valence-electron chi connectivity index (χ3n) is 6.90. The fraction of sp³-hybridized carbons (Fsp3) is 0.389. The van der Waals surface area contributed by atoms with Crippen LogP contribution in [0.2, 0.25) is 0 Å². The second kappa shape index (κ2) is 18.3. The third kappa shape index (κ3) is 11.8. The Bertz CT molecular complexity index is 1370. The number of esters is 2. The lowest BCUT2D eigenvalue weighted by molar-refractivity contribution is -0.179. The molecule has 1 aliphatic heterocycles. The van der Waals surface area contributed by atoms with E-state index in [2.05, 4.69) is 32.6 Å². The highest BCUT2D eigenvalue weighted by molar-refractivity contribution is 7.98. The molecule has 1 fully saturated rings. The standard InChI is InChI=1S/C36H42O9S/c1-4-6-34(43-26-36(3)24-40-25-36)44-30-15-17-32(18-16-30)46-23-27-7-11-31(12-8-27)45-35(38)28-9-13-29(14-10-28)41-21-19-39-20-22-42-33(37)5-2/h5,7-18,34H,2,4,6,19-26H2,1,3H3. The topological polar surface area (TPSA) is 98.8 Å². The van der Waals surface area contributed by atoms with Crippen LogP contribution in [0.3, 0.4) is 0 Å². The minimum atomic E-state index is -0.484. The molecule has 0 bridgehead atoms. The van der Waals surface area contributed by atoms with Crippen LogP contribution in [-0.4, -0.2) is 64.5 Å². The van der Waals surface area contributed by atoms with Gasteiger partial charge < -0.3 is 33.2 Å². The lowest BCUT2D eigenvalue weighted by atomic mass is 9.90. The van der Waals surface area contributed by atoms with Crippen LogP contribution in [0.15, 0.2) is 90.3 Å². The van der Waals surface area contributed by atoms with E-state index in [1.54, 1.807) is 48.2 Å². The molecule has 46 heavy (non-hydrogen) atoms. The maximum Gasteiger partial charge on any atom is 0.343 e. The van der Waals surface area contributed by atoms with E-state index in [9.17, 15) is 9.59 Å². The minimum absolute atomic E-state index is 0.0872. The fourth-order valence-corrected chi connectivity index (χ4v) is 5.11. The first-order valence-electron chi connectivity index (χ1n) is 15.4. The largest absolute Gasteiger partial charge is 0.491 e. The first-order chi connectivity index (χ1) is 22.4. The average molecular weight is 651 g/mol. The molecule has 9 nitrogen and oxygen atoms in total. The van der Waals surface area contributed by atoms with Gasteiger partial charge in [0.15, 0.2) is 6.29 Å². The second-order valence-corrected chi connectivity index (χ2v) is 12.1. The predicted molar refractivity (Wildman–Crippen MR) is 176 cm³/mol. The molecule has 3 aromatic carbocycles. The highest BCUT2D eigenvalue weighted by atomic mass is 32.2. The van der Waals surface area contributed by atoms with Crippen molar-refractivity contribution in [2.75, 3.05) is 46.2 Å². The van der Waals surface area contributed by atoms with Gasteiger partial charge in [0.2, 0.25) is 0 Å². The number of ether oxygens (including phenoxy) is 7. The number of hydrogen-bond acceptors (Lipinski definition) is 10. The second-order valence-electron chi connectivity index (χ2n) is 11.1. The summed E-state index contributed by atoms with van der Waals surface area (Å²) in [6, 6.07) is 22.3. The molecule has 10 heteroatoms. The Morgan fingerprint density at radius 1 is 0.913 bits per heavy atom. The van der Waals surface area contributed by atoms with Gasteiger partial charge in [-0.2, -0.15) is 0 Å². The summed E-state index contributed by atoms with van der Waals surface area (Å²) in [4.78, 5) is 24.7. The van der Waals surface area contributed by atoms with E-state index < -0.39 is 11.9 Å². The maximum atomic E-state index is 12.6. The molecule has 0 aliphatic carbocycles. The first-order valence-corrected chi connectivity index (χ1v) is 16.3. The Hall–Kier alpha value is -3.83. The van der Waals surface area contributed by atoms with Crippen molar-refractivity contribution in [1.29, 1.82) is 0 Å². The summed E-state index contributed by atoms with van der Waals surface area (Å²) in [5, 5.41) is 0. The fourth-order valence-electron chi connectivity index (χ4n) is 4.26. The van der Waals surface area contributed by atoms with Gasteiger partial charge in [-0.25, -0.2) is 9.59 Å². The first kappa shape index (κ1) is 35.0. The quantitative estimate of drug-likeness (QED) is 0.0321. The van der Waals surface area contributed by atoms with Crippen LogP contribution in [0.5, 0.6) is 17.2 Å². The molecule has 1 atom stereocenters. The molecular formula is C36H42O9S. The number of carbonyl (C=O) groups is 2. The van der Waals surface area contributed by atoms with E-state index in [1.807, 2.05) is 24.3 Å². The molecule has 0 radical (unpaired) electrons. The number of thioether (sulfide) groups is 1. The zero-order valence-corrected chi connectivity index (χ0v) is 27.3. The molecule has 246 valence electrons. The zero-order valence-electron chi connectivity index (χ0n) is 26.4. The molecule has 0 spiro atoms. The van der Waals surface area contributed by atoms with Crippen molar-refractivity contribution in [3.8, 4) is 17.2 Å². The summed E-state index contributed by atoms with van der Waals surface area (Å²) in [5.41, 5.74) is 1.61. The molecule has 4 rings (SSSR count). The van der Waals surface area contributed by atoms with E-state index in [0.29, 0.717) is 36.9 Å². The SMILES string of the molecule is C=CC(=O)OCCOCCOc1ccc(C(=O)Oc2ccc(CSc3ccc(OC(CCC)OCC4(C)COC4)cc3)cc2)cc1. The van der Waals surface area contributed by atoms with Crippen molar-refractivity contribution in [2.45, 2.75) is 43.6 Å². The molecule has 1 unspecified atom stereocenters. The van der Waals surface area contributed by atoms with Gasteiger partial charge in [-0.1, -0.05) is 39.0 Å². The van der Waals surface area contributed by atoms with Crippen LogP contribution in [0, 0.1) is 5.41 Å². The van der Waals surface area contributed by atoms with E-state index in [0.717, 1.165) is 54.1 Å². The summed E-state index contributed by atoms with van der Waals surface area (Å²) in [7, 11) is 0. The summed E-state index contributed by atoms with van der Waals surface area (Å²) >= 11 is 1.72. The van der Waals surface area contributed by atoms with Crippen LogP contribution < -0.4 is 14.2 Å². The van der Waals surface area contributed by atoms with Gasteiger partial charge in [-0.15, -0.1) is 11.8 Å². The Kier molecular flexibility index (Phi) is 14.0. The highest BCUT2D eigenvalue weighted by Crippen LogP contribution is 2.29.